The van der Waals surface area contributed by atoms with Crippen LogP contribution in [0.15, 0.2) is 24.3 Å². The largest absolute Gasteiger partial charge is 0.508 e. The minimum atomic E-state index is -0.0278. The summed E-state index contributed by atoms with van der Waals surface area (Å²) in [7, 11) is 0. The van der Waals surface area contributed by atoms with Crippen molar-refractivity contribution in [3.05, 3.63) is 29.8 Å². The molecule has 1 rings (SSSR count). The maximum Gasteiger partial charge on any atom is 0.227 e. The first-order valence-corrected chi connectivity index (χ1v) is 6.23. The Morgan fingerprint density at radius 1 is 1.33 bits per heavy atom. The highest BCUT2D eigenvalue weighted by Crippen LogP contribution is 2.17. The Hall–Kier alpha value is -1.55. The molecule has 1 amide bonds. The van der Waals surface area contributed by atoms with E-state index in [1.165, 1.54) is 0 Å². The minimum absolute atomic E-state index is 0.0278. The molecule has 1 aromatic carbocycles. The summed E-state index contributed by atoms with van der Waals surface area (Å²) >= 11 is 0. The van der Waals surface area contributed by atoms with Gasteiger partial charge in [0, 0.05) is 24.8 Å². The lowest BCUT2D eigenvalue weighted by Gasteiger charge is -2.26. The van der Waals surface area contributed by atoms with Crippen LogP contribution in [0.3, 0.4) is 0 Å². The zero-order valence-corrected chi connectivity index (χ0v) is 11.0. The summed E-state index contributed by atoms with van der Waals surface area (Å²) in [6.45, 7) is 4.51. The summed E-state index contributed by atoms with van der Waals surface area (Å²) in [6.07, 6.45) is 0.765. The van der Waals surface area contributed by atoms with Crippen molar-refractivity contribution in [2.24, 2.45) is 0 Å². The number of para-hydroxylation sites is 1. The highest BCUT2D eigenvalue weighted by molar-refractivity contribution is 5.79. The molecule has 4 nitrogen and oxygen atoms in total. The molecule has 0 fully saturated rings. The van der Waals surface area contributed by atoms with E-state index in [-0.39, 0.29) is 30.7 Å². The number of carbonyl (C=O) groups excluding carboxylic acids is 1. The Kier molecular flexibility index (Phi) is 5.65. The van der Waals surface area contributed by atoms with E-state index in [0.717, 1.165) is 0 Å². The lowest BCUT2D eigenvalue weighted by molar-refractivity contribution is -0.132. The maximum atomic E-state index is 12.1. The molecule has 0 unspecified atom stereocenters. The Labute approximate surface area is 108 Å². The average Bonchev–Trinajstić information content (AvgIpc) is 2.32. The molecule has 0 spiro atoms. The third kappa shape index (κ3) is 4.04. The molecule has 100 valence electrons. The van der Waals surface area contributed by atoms with Crippen LogP contribution in [-0.2, 0) is 11.2 Å². The number of hydrogen-bond donors (Lipinski definition) is 2. The summed E-state index contributed by atoms with van der Waals surface area (Å²) in [5.41, 5.74) is 0.636. The standard InChI is InChI=1S/C14H21NO3/c1-11(2)15(8-5-9-16)14(18)10-12-6-3-4-7-13(12)17/h3-4,6-7,11,16-17H,5,8-10H2,1-2H3. The van der Waals surface area contributed by atoms with Gasteiger partial charge in [-0.1, -0.05) is 18.2 Å². The molecule has 0 bridgehead atoms. The smallest absolute Gasteiger partial charge is 0.227 e. The second-order valence-electron chi connectivity index (χ2n) is 4.56. The van der Waals surface area contributed by atoms with Crippen molar-refractivity contribution in [1.29, 1.82) is 0 Å². The summed E-state index contributed by atoms with van der Waals surface area (Å²) in [6, 6.07) is 6.95. The van der Waals surface area contributed by atoms with Crippen LogP contribution in [0.5, 0.6) is 5.75 Å². The Morgan fingerprint density at radius 3 is 2.56 bits per heavy atom. The first-order valence-electron chi connectivity index (χ1n) is 6.23. The third-order valence-corrected chi connectivity index (χ3v) is 2.83. The normalized spacial score (nSPS) is 10.7. The van der Waals surface area contributed by atoms with E-state index in [2.05, 4.69) is 0 Å². The molecular weight excluding hydrogens is 230 g/mol. The Bertz CT molecular complexity index is 390. The van der Waals surface area contributed by atoms with Gasteiger partial charge in [-0.3, -0.25) is 4.79 Å². The number of amides is 1. The zero-order valence-electron chi connectivity index (χ0n) is 11.0. The maximum absolute atomic E-state index is 12.1. The summed E-state index contributed by atoms with van der Waals surface area (Å²) in [5, 5.41) is 18.5. The van der Waals surface area contributed by atoms with Crippen molar-refractivity contribution in [3.63, 3.8) is 0 Å². The van der Waals surface area contributed by atoms with Gasteiger partial charge in [0.1, 0.15) is 5.75 Å². The second-order valence-corrected chi connectivity index (χ2v) is 4.56. The number of benzene rings is 1. The van der Waals surface area contributed by atoms with Crippen LogP contribution in [0, 0.1) is 0 Å². The van der Waals surface area contributed by atoms with Crippen LogP contribution in [0.2, 0.25) is 0 Å². The average molecular weight is 251 g/mol. The fraction of sp³-hybridized carbons (Fsp3) is 0.500. The van der Waals surface area contributed by atoms with Gasteiger partial charge in [0.2, 0.25) is 5.91 Å². The van der Waals surface area contributed by atoms with Gasteiger partial charge < -0.3 is 15.1 Å². The van der Waals surface area contributed by atoms with Crippen LogP contribution in [0.25, 0.3) is 0 Å². The van der Waals surface area contributed by atoms with E-state index in [1.54, 1.807) is 29.2 Å². The lowest BCUT2D eigenvalue weighted by Crippen LogP contribution is -2.39. The molecular formula is C14H21NO3. The molecule has 18 heavy (non-hydrogen) atoms. The Balaban J connectivity index is 2.70. The van der Waals surface area contributed by atoms with Crippen LogP contribution in [0.1, 0.15) is 25.8 Å². The number of nitrogens with zero attached hydrogens (tertiary/aromatic N) is 1. The zero-order chi connectivity index (χ0) is 13.5. The van der Waals surface area contributed by atoms with Crippen molar-refractivity contribution < 1.29 is 15.0 Å². The number of hydrogen-bond acceptors (Lipinski definition) is 3. The number of aliphatic hydroxyl groups excluding tert-OH is 1. The molecule has 0 aliphatic heterocycles. The monoisotopic (exact) mass is 251 g/mol. The van der Waals surface area contributed by atoms with Crippen molar-refractivity contribution >= 4 is 5.91 Å². The number of carbonyl (C=O) groups is 1. The van der Waals surface area contributed by atoms with Gasteiger partial charge in [-0.2, -0.15) is 0 Å². The van der Waals surface area contributed by atoms with Crippen molar-refractivity contribution in [3.8, 4) is 5.75 Å². The Morgan fingerprint density at radius 2 is 2.00 bits per heavy atom. The van der Waals surface area contributed by atoms with E-state index in [0.29, 0.717) is 18.5 Å². The first-order chi connectivity index (χ1) is 8.56. The summed E-state index contributed by atoms with van der Waals surface area (Å²) in [5.74, 6) is 0.122. The first kappa shape index (κ1) is 14.5. The molecule has 1 aromatic rings. The highest BCUT2D eigenvalue weighted by Gasteiger charge is 2.17. The molecule has 0 saturated carbocycles. The third-order valence-electron chi connectivity index (χ3n) is 2.83. The van der Waals surface area contributed by atoms with E-state index in [1.807, 2.05) is 13.8 Å². The van der Waals surface area contributed by atoms with Gasteiger partial charge in [-0.05, 0) is 26.3 Å². The van der Waals surface area contributed by atoms with Crippen LogP contribution >= 0.6 is 0 Å². The van der Waals surface area contributed by atoms with E-state index < -0.39 is 0 Å². The topological polar surface area (TPSA) is 60.8 Å². The van der Waals surface area contributed by atoms with E-state index in [4.69, 9.17) is 5.11 Å². The SMILES string of the molecule is CC(C)N(CCCO)C(=O)Cc1ccccc1O. The second kappa shape index (κ2) is 7.01. The molecule has 0 radical (unpaired) electrons. The van der Waals surface area contributed by atoms with Gasteiger partial charge >= 0.3 is 0 Å². The van der Waals surface area contributed by atoms with Crippen LogP contribution < -0.4 is 0 Å². The number of rotatable bonds is 6. The molecule has 0 saturated heterocycles. The van der Waals surface area contributed by atoms with Gasteiger partial charge in [0.15, 0.2) is 0 Å². The predicted octanol–water partition coefficient (Wildman–Crippen LogP) is 1.55. The molecule has 0 heterocycles. The quantitative estimate of drug-likeness (QED) is 0.806. The lowest BCUT2D eigenvalue weighted by atomic mass is 10.1. The number of aromatic hydroxyl groups is 1. The fourth-order valence-corrected chi connectivity index (χ4v) is 1.84. The molecule has 4 heteroatoms. The van der Waals surface area contributed by atoms with Crippen molar-refractivity contribution in [2.45, 2.75) is 32.7 Å². The predicted molar refractivity (Wildman–Crippen MR) is 70.4 cm³/mol. The van der Waals surface area contributed by atoms with Gasteiger partial charge in [0.05, 0.1) is 6.42 Å². The van der Waals surface area contributed by atoms with Gasteiger partial charge in [0.25, 0.3) is 0 Å². The van der Waals surface area contributed by atoms with Crippen molar-refractivity contribution in [2.75, 3.05) is 13.2 Å². The van der Waals surface area contributed by atoms with Crippen molar-refractivity contribution in [1.82, 2.24) is 4.90 Å². The number of phenolic OH excluding ortho intramolecular Hbond substituents is 1. The van der Waals surface area contributed by atoms with Gasteiger partial charge in [-0.25, -0.2) is 0 Å². The summed E-state index contributed by atoms with van der Waals surface area (Å²) in [4.78, 5) is 13.9. The van der Waals surface area contributed by atoms with E-state index >= 15 is 0 Å². The number of phenols is 1. The molecule has 2 N–H and O–H groups in total. The minimum Gasteiger partial charge on any atom is -0.508 e. The summed E-state index contributed by atoms with van der Waals surface area (Å²) < 4.78 is 0. The van der Waals surface area contributed by atoms with E-state index in [9.17, 15) is 9.90 Å². The molecule has 0 aliphatic rings. The molecule has 0 atom stereocenters. The molecule has 0 aliphatic carbocycles. The highest BCUT2D eigenvalue weighted by atomic mass is 16.3. The molecule has 0 aromatic heterocycles. The van der Waals surface area contributed by atoms with Gasteiger partial charge in [-0.15, -0.1) is 0 Å². The van der Waals surface area contributed by atoms with Crippen LogP contribution in [-0.4, -0.2) is 40.2 Å². The van der Waals surface area contributed by atoms with Crippen LogP contribution in [0.4, 0.5) is 0 Å². The fourth-order valence-electron chi connectivity index (χ4n) is 1.84. The number of aliphatic hydroxyl groups is 1.